The smallest absolute Gasteiger partial charge is 0.237 e. The van der Waals surface area contributed by atoms with Crippen LogP contribution in [0.2, 0.25) is 0 Å². The highest BCUT2D eigenvalue weighted by Crippen LogP contribution is 2.30. The second kappa shape index (κ2) is 7.79. The molecule has 2 aliphatic rings. The summed E-state index contributed by atoms with van der Waals surface area (Å²) in [4.78, 5) is 14.9. The van der Waals surface area contributed by atoms with Crippen molar-refractivity contribution in [3.05, 3.63) is 60.2 Å². The molecule has 5 nitrogen and oxygen atoms in total. The molecule has 1 N–H and O–H groups in total. The molecule has 0 radical (unpaired) electrons. The second-order valence-corrected chi connectivity index (χ2v) is 6.86. The molecule has 136 valence electrons. The molecule has 26 heavy (non-hydrogen) atoms. The third-order valence-electron chi connectivity index (χ3n) is 4.97. The highest BCUT2D eigenvalue weighted by molar-refractivity contribution is 5.82. The summed E-state index contributed by atoms with van der Waals surface area (Å²) in [6, 6.07) is 17.9. The lowest BCUT2D eigenvalue weighted by atomic mass is 10.1. The van der Waals surface area contributed by atoms with Gasteiger partial charge in [-0.05, 0) is 37.1 Å². The number of benzene rings is 2. The molecular weight excluding hydrogens is 328 g/mol. The molecule has 1 amide bonds. The van der Waals surface area contributed by atoms with Crippen LogP contribution in [0.3, 0.4) is 0 Å². The van der Waals surface area contributed by atoms with Gasteiger partial charge in [-0.25, -0.2) is 0 Å². The van der Waals surface area contributed by atoms with Crippen molar-refractivity contribution in [3.63, 3.8) is 0 Å². The second-order valence-electron chi connectivity index (χ2n) is 6.86. The predicted molar refractivity (Wildman–Crippen MR) is 99.2 cm³/mol. The number of nitrogens with one attached hydrogen (secondary N) is 1. The Labute approximate surface area is 153 Å². The van der Waals surface area contributed by atoms with Crippen LogP contribution in [0.4, 0.5) is 0 Å². The molecule has 2 aromatic carbocycles. The number of rotatable bonds is 5. The van der Waals surface area contributed by atoms with Crippen LogP contribution in [0.1, 0.15) is 18.4 Å². The first-order valence-corrected chi connectivity index (χ1v) is 9.24. The molecule has 1 saturated heterocycles. The summed E-state index contributed by atoms with van der Waals surface area (Å²) in [5.74, 6) is 1.59. The molecule has 0 spiro atoms. The Bertz CT molecular complexity index is 750. The van der Waals surface area contributed by atoms with E-state index in [0.717, 1.165) is 37.4 Å². The standard InChI is InChI=1S/C21H24N2O3/c24-21(18-9-6-12-23(18)14-16-7-2-1-3-8-16)22-13-17-15-25-19-10-4-5-11-20(19)26-17/h1-5,7-8,10-11,17-18H,6,9,12-15H2,(H,22,24). The van der Waals surface area contributed by atoms with Gasteiger partial charge in [0.05, 0.1) is 12.6 Å². The minimum Gasteiger partial charge on any atom is -0.486 e. The van der Waals surface area contributed by atoms with E-state index in [-0.39, 0.29) is 18.1 Å². The van der Waals surface area contributed by atoms with E-state index < -0.39 is 0 Å². The van der Waals surface area contributed by atoms with Crippen LogP contribution < -0.4 is 14.8 Å². The average molecular weight is 352 g/mol. The summed E-state index contributed by atoms with van der Waals surface area (Å²) in [7, 11) is 0. The largest absolute Gasteiger partial charge is 0.486 e. The van der Waals surface area contributed by atoms with Gasteiger partial charge < -0.3 is 14.8 Å². The van der Waals surface area contributed by atoms with E-state index in [1.165, 1.54) is 5.56 Å². The van der Waals surface area contributed by atoms with Gasteiger partial charge in [-0.3, -0.25) is 9.69 Å². The lowest BCUT2D eigenvalue weighted by Crippen LogP contribution is -2.47. The Morgan fingerprint density at radius 3 is 2.69 bits per heavy atom. The molecular formula is C21H24N2O3. The van der Waals surface area contributed by atoms with Crippen LogP contribution in [0.15, 0.2) is 54.6 Å². The van der Waals surface area contributed by atoms with E-state index in [1.54, 1.807) is 0 Å². The molecule has 1 fully saturated rings. The quantitative estimate of drug-likeness (QED) is 0.899. The molecule has 2 atom stereocenters. The zero-order valence-electron chi connectivity index (χ0n) is 14.8. The van der Waals surface area contributed by atoms with E-state index in [1.807, 2.05) is 42.5 Å². The summed E-state index contributed by atoms with van der Waals surface area (Å²) in [6.45, 7) is 2.69. The molecule has 2 aliphatic heterocycles. The van der Waals surface area contributed by atoms with Crippen LogP contribution in [-0.4, -0.2) is 42.6 Å². The monoisotopic (exact) mass is 352 g/mol. The summed E-state index contributed by atoms with van der Waals surface area (Å²) in [5.41, 5.74) is 1.24. The zero-order chi connectivity index (χ0) is 17.8. The number of hydrogen-bond acceptors (Lipinski definition) is 4. The Morgan fingerprint density at radius 2 is 1.85 bits per heavy atom. The van der Waals surface area contributed by atoms with E-state index in [4.69, 9.17) is 9.47 Å². The molecule has 0 aromatic heterocycles. The third kappa shape index (κ3) is 3.83. The van der Waals surface area contributed by atoms with Crippen LogP contribution >= 0.6 is 0 Å². The van der Waals surface area contributed by atoms with Gasteiger partial charge in [0.2, 0.25) is 5.91 Å². The van der Waals surface area contributed by atoms with Crippen molar-refractivity contribution in [3.8, 4) is 11.5 Å². The summed E-state index contributed by atoms with van der Waals surface area (Å²) in [6.07, 6.45) is 1.81. The average Bonchev–Trinajstić information content (AvgIpc) is 3.15. The predicted octanol–water partition coefficient (Wildman–Crippen LogP) is 2.61. The van der Waals surface area contributed by atoms with Gasteiger partial charge in [-0.1, -0.05) is 42.5 Å². The summed E-state index contributed by atoms with van der Waals surface area (Å²) >= 11 is 0. The van der Waals surface area contributed by atoms with Crippen LogP contribution in [-0.2, 0) is 11.3 Å². The number of fused-ring (bicyclic) bond motifs is 1. The maximum absolute atomic E-state index is 12.7. The molecule has 0 saturated carbocycles. The van der Waals surface area contributed by atoms with Gasteiger partial charge in [0, 0.05) is 6.54 Å². The third-order valence-corrected chi connectivity index (χ3v) is 4.97. The summed E-state index contributed by atoms with van der Waals surface area (Å²) < 4.78 is 11.6. The molecule has 4 rings (SSSR count). The van der Waals surface area contributed by atoms with Crippen LogP contribution in [0.25, 0.3) is 0 Å². The van der Waals surface area contributed by atoms with E-state index in [0.29, 0.717) is 13.2 Å². The lowest BCUT2D eigenvalue weighted by Gasteiger charge is -2.28. The maximum atomic E-state index is 12.7. The highest BCUT2D eigenvalue weighted by Gasteiger charge is 2.31. The Hall–Kier alpha value is -2.53. The van der Waals surface area contributed by atoms with Crippen molar-refractivity contribution in [1.29, 1.82) is 0 Å². The highest BCUT2D eigenvalue weighted by atomic mass is 16.6. The fourth-order valence-electron chi connectivity index (χ4n) is 3.63. The van der Waals surface area contributed by atoms with Crippen molar-refractivity contribution in [2.45, 2.75) is 31.5 Å². The van der Waals surface area contributed by atoms with Crippen molar-refractivity contribution in [2.75, 3.05) is 19.7 Å². The number of hydrogen-bond donors (Lipinski definition) is 1. The summed E-state index contributed by atoms with van der Waals surface area (Å²) in [5, 5.41) is 3.06. The fraction of sp³-hybridized carbons (Fsp3) is 0.381. The van der Waals surface area contributed by atoms with Gasteiger partial charge in [0.15, 0.2) is 11.5 Å². The zero-order valence-corrected chi connectivity index (χ0v) is 14.8. The molecule has 5 heteroatoms. The number of para-hydroxylation sites is 2. The molecule has 0 bridgehead atoms. The number of amides is 1. The topological polar surface area (TPSA) is 50.8 Å². The van der Waals surface area contributed by atoms with E-state index in [9.17, 15) is 4.79 Å². The maximum Gasteiger partial charge on any atom is 0.237 e. The van der Waals surface area contributed by atoms with Crippen molar-refractivity contribution in [1.82, 2.24) is 10.2 Å². The number of likely N-dealkylation sites (tertiary alicyclic amines) is 1. The minimum atomic E-state index is -0.155. The van der Waals surface area contributed by atoms with Gasteiger partial charge >= 0.3 is 0 Å². The van der Waals surface area contributed by atoms with Crippen molar-refractivity contribution >= 4 is 5.91 Å². The number of carbonyl (C=O) groups excluding carboxylic acids is 1. The number of nitrogens with zero attached hydrogens (tertiary/aromatic N) is 1. The molecule has 2 aromatic rings. The molecule has 2 unspecified atom stereocenters. The minimum absolute atomic E-state index is 0.0630. The van der Waals surface area contributed by atoms with Crippen molar-refractivity contribution < 1.29 is 14.3 Å². The van der Waals surface area contributed by atoms with Crippen molar-refractivity contribution in [2.24, 2.45) is 0 Å². The van der Waals surface area contributed by atoms with Gasteiger partial charge in [-0.2, -0.15) is 0 Å². The van der Waals surface area contributed by atoms with E-state index in [2.05, 4.69) is 22.3 Å². The van der Waals surface area contributed by atoms with Gasteiger partial charge in [0.25, 0.3) is 0 Å². The van der Waals surface area contributed by atoms with Gasteiger partial charge in [0.1, 0.15) is 12.7 Å². The Kier molecular flexibility index (Phi) is 5.07. The van der Waals surface area contributed by atoms with Gasteiger partial charge in [-0.15, -0.1) is 0 Å². The SMILES string of the molecule is O=C(NCC1COc2ccccc2O1)C1CCCN1Cc1ccccc1. The van der Waals surface area contributed by atoms with Crippen LogP contribution in [0.5, 0.6) is 11.5 Å². The lowest BCUT2D eigenvalue weighted by molar-refractivity contribution is -0.126. The molecule has 0 aliphatic carbocycles. The van der Waals surface area contributed by atoms with E-state index >= 15 is 0 Å². The first kappa shape index (κ1) is 16.9. The first-order chi connectivity index (χ1) is 12.8. The Morgan fingerprint density at radius 1 is 1.08 bits per heavy atom. The Balaban J connectivity index is 1.30. The number of carbonyl (C=O) groups is 1. The first-order valence-electron chi connectivity index (χ1n) is 9.24. The fourth-order valence-corrected chi connectivity index (χ4v) is 3.63. The number of ether oxygens (including phenoxy) is 2. The normalized spacial score (nSPS) is 22.2. The molecule has 2 heterocycles. The van der Waals surface area contributed by atoms with Crippen LogP contribution in [0, 0.1) is 0 Å².